The quantitative estimate of drug-likeness (QED) is 0.659. The van der Waals surface area contributed by atoms with Crippen molar-refractivity contribution in [2.75, 3.05) is 13.1 Å². The van der Waals surface area contributed by atoms with Crippen LogP contribution in [0.15, 0.2) is 0 Å². The Kier molecular flexibility index (Phi) is 2.42. The maximum atomic E-state index is 11.4. The molecule has 1 amide bonds. The lowest BCUT2D eigenvalue weighted by Crippen LogP contribution is -2.51. The third-order valence-electron chi connectivity index (χ3n) is 2.02. The molecule has 0 aliphatic carbocycles. The molecule has 70 valence electrons. The van der Waals surface area contributed by atoms with Crippen LogP contribution in [-0.4, -0.2) is 29.4 Å². The number of rotatable bonds is 2. The summed E-state index contributed by atoms with van der Waals surface area (Å²) in [4.78, 5) is 13.3. The van der Waals surface area contributed by atoms with Crippen molar-refractivity contribution >= 4 is 5.91 Å². The van der Waals surface area contributed by atoms with Crippen LogP contribution in [0.4, 0.5) is 0 Å². The molecule has 0 saturated carbocycles. The maximum Gasteiger partial charge on any atom is 0.224 e. The van der Waals surface area contributed by atoms with Gasteiger partial charge in [0.1, 0.15) is 0 Å². The van der Waals surface area contributed by atoms with Gasteiger partial charge in [-0.1, -0.05) is 6.92 Å². The summed E-state index contributed by atoms with van der Waals surface area (Å²) >= 11 is 0. The molecule has 0 radical (unpaired) electrons. The van der Waals surface area contributed by atoms with Crippen LogP contribution in [0.2, 0.25) is 0 Å². The van der Waals surface area contributed by atoms with Gasteiger partial charge in [0.25, 0.3) is 0 Å². The largest absolute Gasteiger partial charge is 0.342 e. The number of carbonyl (C=O) groups excluding carboxylic acids is 1. The number of nitrogens with two attached hydrogens (primary N) is 1. The summed E-state index contributed by atoms with van der Waals surface area (Å²) in [5.74, 6) is 0.871. The summed E-state index contributed by atoms with van der Waals surface area (Å²) in [6, 6.07) is 0. The van der Waals surface area contributed by atoms with E-state index in [2.05, 4.69) is 6.92 Å². The minimum atomic E-state index is -0.365. The maximum absolute atomic E-state index is 11.4. The Balaban J connectivity index is 2.30. The van der Waals surface area contributed by atoms with Crippen LogP contribution in [0.5, 0.6) is 0 Å². The van der Waals surface area contributed by atoms with Gasteiger partial charge in [0, 0.05) is 25.0 Å². The zero-order chi connectivity index (χ0) is 9.35. The molecule has 1 aliphatic rings. The van der Waals surface area contributed by atoms with Crippen molar-refractivity contribution in [1.82, 2.24) is 4.90 Å². The van der Waals surface area contributed by atoms with Crippen molar-refractivity contribution in [3.05, 3.63) is 0 Å². The number of hydrogen-bond donors (Lipinski definition) is 1. The zero-order valence-electron chi connectivity index (χ0n) is 8.13. The first kappa shape index (κ1) is 9.52. The molecule has 12 heavy (non-hydrogen) atoms. The van der Waals surface area contributed by atoms with Crippen molar-refractivity contribution in [3.8, 4) is 0 Å². The number of nitrogens with zero attached hydrogens (tertiary/aromatic N) is 1. The molecule has 3 nitrogen and oxygen atoms in total. The van der Waals surface area contributed by atoms with Crippen molar-refractivity contribution < 1.29 is 4.79 Å². The summed E-state index contributed by atoms with van der Waals surface area (Å²) in [6.45, 7) is 7.74. The van der Waals surface area contributed by atoms with Gasteiger partial charge < -0.3 is 10.6 Å². The van der Waals surface area contributed by atoms with E-state index < -0.39 is 0 Å². The minimum Gasteiger partial charge on any atom is -0.342 e. The summed E-state index contributed by atoms with van der Waals surface area (Å²) in [7, 11) is 0. The van der Waals surface area contributed by atoms with Crippen LogP contribution >= 0.6 is 0 Å². The number of carbonyl (C=O) groups is 1. The highest BCUT2D eigenvalue weighted by Gasteiger charge is 2.29. The van der Waals surface area contributed by atoms with Crippen molar-refractivity contribution in [2.45, 2.75) is 32.7 Å². The van der Waals surface area contributed by atoms with E-state index in [4.69, 9.17) is 5.73 Å². The van der Waals surface area contributed by atoms with Crippen molar-refractivity contribution in [2.24, 2.45) is 11.7 Å². The van der Waals surface area contributed by atoms with Gasteiger partial charge in [0.2, 0.25) is 5.91 Å². The van der Waals surface area contributed by atoms with E-state index in [0.717, 1.165) is 13.1 Å². The fourth-order valence-electron chi connectivity index (χ4n) is 1.40. The number of likely N-dealkylation sites (tertiary alicyclic amines) is 1. The average molecular weight is 170 g/mol. The Labute approximate surface area is 73.9 Å². The van der Waals surface area contributed by atoms with E-state index >= 15 is 0 Å². The molecule has 0 atom stereocenters. The van der Waals surface area contributed by atoms with Crippen LogP contribution in [0, 0.1) is 5.92 Å². The average Bonchev–Trinajstić information content (AvgIpc) is 1.76. The highest BCUT2D eigenvalue weighted by molar-refractivity contribution is 5.78. The molecule has 0 spiro atoms. The predicted octanol–water partition coefficient (Wildman–Crippen LogP) is 0.592. The Hall–Kier alpha value is -0.570. The van der Waals surface area contributed by atoms with Crippen LogP contribution < -0.4 is 5.73 Å². The van der Waals surface area contributed by atoms with E-state index in [9.17, 15) is 4.79 Å². The first-order valence-corrected chi connectivity index (χ1v) is 4.45. The molecule has 0 aromatic carbocycles. The van der Waals surface area contributed by atoms with Crippen molar-refractivity contribution in [3.63, 3.8) is 0 Å². The Bertz CT molecular complexity index is 177. The van der Waals surface area contributed by atoms with Gasteiger partial charge in [-0.2, -0.15) is 0 Å². The van der Waals surface area contributed by atoms with Crippen molar-refractivity contribution in [1.29, 1.82) is 0 Å². The third-order valence-corrected chi connectivity index (χ3v) is 2.02. The third kappa shape index (κ3) is 2.48. The summed E-state index contributed by atoms with van der Waals surface area (Å²) in [5.41, 5.74) is 5.37. The van der Waals surface area contributed by atoms with Gasteiger partial charge in [0.15, 0.2) is 0 Å². The smallest absolute Gasteiger partial charge is 0.224 e. The molecule has 0 aromatic heterocycles. The van der Waals surface area contributed by atoms with E-state index in [1.54, 1.807) is 0 Å². The topological polar surface area (TPSA) is 46.3 Å². The predicted molar refractivity (Wildman–Crippen MR) is 48.6 cm³/mol. The van der Waals surface area contributed by atoms with Gasteiger partial charge in [0.05, 0.1) is 0 Å². The number of amides is 1. The van der Waals surface area contributed by atoms with E-state index in [1.807, 2.05) is 18.7 Å². The molecule has 0 aromatic rings. The molecule has 0 unspecified atom stereocenters. The van der Waals surface area contributed by atoms with E-state index in [1.165, 1.54) is 0 Å². The second kappa shape index (κ2) is 3.05. The monoisotopic (exact) mass is 170 g/mol. The molecule has 1 aliphatic heterocycles. The second-order valence-corrected chi connectivity index (χ2v) is 4.57. The van der Waals surface area contributed by atoms with Crippen LogP contribution in [0.25, 0.3) is 0 Å². The van der Waals surface area contributed by atoms with Gasteiger partial charge in [-0.05, 0) is 19.8 Å². The summed E-state index contributed by atoms with van der Waals surface area (Å²) < 4.78 is 0. The van der Waals surface area contributed by atoms with Gasteiger partial charge in [-0.3, -0.25) is 4.79 Å². The molecule has 0 bridgehead atoms. The highest BCUT2D eigenvalue weighted by Crippen LogP contribution is 2.17. The standard InChI is InChI=1S/C9H18N2O/c1-7-5-11(6-7)8(12)4-9(2,3)10/h7H,4-6,10H2,1-3H3. The van der Waals surface area contributed by atoms with Crippen LogP contribution in [0.1, 0.15) is 27.2 Å². The normalized spacial score (nSPS) is 19.2. The highest BCUT2D eigenvalue weighted by atomic mass is 16.2. The molecule has 1 rings (SSSR count). The Morgan fingerprint density at radius 3 is 2.42 bits per heavy atom. The minimum absolute atomic E-state index is 0.195. The lowest BCUT2D eigenvalue weighted by Gasteiger charge is -2.38. The van der Waals surface area contributed by atoms with E-state index in [-0.39, 0.29) is 11.4 Å². The molecule has 2 N–H and O–H groups in total. The zero-order valence-corrected chi connectivity index (χ0v) is 8.13. The first-order chi connectivity index (χ1) is 5.38. The second-order valence-electron chi connectivity index (χ2n) is 4.57. The molecule has 3 heteroatoms. The van der Waals surface area contributed by atoms with Gasteiger partial charge in [-0.15, -0.1) is 0 Å². The Morgan fingerprint density at radius 1 is 1.58 bits per heavy atom. The lowest BCUT2D eigenvalue weighted by atomic mass is 9.97. The number of hydrogen-bond acceptors (Lipinski definition) is 2. The Morgan fingerprint density at radius 2 is 2.08 bits per heavy atom. The molecular formula is C9H18N2O. The SMILES string of the molecule is CC1CN(C(=O)CC(C)(C)N)C1. The van der Waals surface area contributed by atoms with E-state index in [0.29, 0.717) is 12.3 Å². The molecular weight excluding hydrogens is 152 g/mol. The van der Waals surface area contributed by atoms with Gasteiger partial charge in [-0.25, -0.2) is 0 Å². The molecule has 1 fully saturated rings. The molecule has 1 saturated heterocycles. The van der Waals surface area contributed by atoms with Crippen LogP contribution in [-0.2, 0) is 4.79 Å². The lowest BCUT2D eigenvalue weighted by molar-refractivity contribution is -0.138. The fraction of sp³-hybridized carbons (Fsp3) is 0.889. The summed E-state index contributed by atoms with van der Waals surface area (Å²) in [5, 5.41) is 0. The molecule has 1 heterocycles. The van der Waals surface area contributed by atoms with Gasteiger partial charge >= 0.3 is 0 Å². The van der Waals surface area contributed by atoms with Crippen LogP contribution in [0.3, 0.4) is 0 Å². The first-order valence-electron chi connectivity index (χ1n) is 4.45. The summed E-state index contributed by atoms with van der Waals surface area (Å²) in [6.07, 6.45) is 0.458. The fourth-order valence-corrected chi connectivity index (χ4v) is 1.40.